The molecule has 0 atom stereocenters. The van der Waals surface area contributed by atoms with Crippen molar-refractivity contribution >= 4 is 5.91 Å². The maximum absolute atomic E-state index is 10.7. The molecule has 1 amide bonds. The summed E-state index contributed by atoms with van der Waals surface area (Å²) in [6, 6.07) is 0. The number of rotatable bonds is 7. The summed E-state index contributed by atoms with van der Waals surface area (Å²) in [5.41, 5.74) is 5.38. The standard InChI is InChI=1S/C10H19N3O/c1-3-10(14)12-7-5-9-13(2)8-4-6-11/h1H,4-9,11H2,2H3,(H,12,14). The first-order chi connectivity index (χ1) is 6.70. The summed E-state index contributed by atoms with van der Waals surface area (Å²) in [5, 5.41) is 2.62. The molecule has 0 aromatic carbocycles. The summed E-state index contributed by atoms with van der Waals surface area (Å²) in [5.74, 6) is 1.67. The molecule has 0 saturated heterocycles. The lowest BCUT2D eigenvalue weighted by molar-refractivity contribution is -0.115. The summed E-state index contributed by atoms with van der Waals surface area (Å²) in [4.78, 5) is 12.8. The minimum Gasteiger partial charge on any atom is -0.345 e. The lowest BCUT2D eigenvalue weighted by Crippen LogP contribution is -2.28. The van der Waals surface area contributed by atoms with E-state index in [0.717, 1.165) is 32.5 Å². The summed E-state index contributed by atoms with van der Waals surface area (Å²) in [6.07, 6.45) is 6.81. The monoisotopic (exact) mass is 197 g/mol. The van der Waals surface area contributed by atoms with E-state index in [1.807, 2.05) is 13.0 Å². The van der Waals surface area contributed by atoms with E-state index in [9.17, 15) is 4.79 Å². The van der Waals surface area contributed by atoms with E-state index in [2.05, 4.69) is 10.2 Å². The molecule has 0 aromatic heterocycles. The number of nitrogens with zero attached hydrogens (tertiary/aromatic N) is 1. The molecule has 0 rings (SSSR count). The molecule has 0 fully saturated rings. The van der Waals surface area contributed by atoms with Gasteiger partial charge in [0.1, 0.15) is 0 Å². The van der Waals surface area contributed by atoms with Crippen molar-refractivity contribution in [3.8, 4) is 12.3 Å². The number of terminal acetylenes is 1. The van der Waals surface area contributed by atoms with Crippen LogP contribution in [0.4, 0.5) is 0 Å². The molecule has 0 radical (unpaired) electrons. The quantitative estimate of drug-likeness (QED) is 0.423. The highest BCUT2D eigenvalue weighted by atomic mass is 16.1. The highest BCUT2D eigenvalue weighted by Crippen LogP contribution is 1.88. The zero-order valence-corrected chi connectivity index (χ0v) is 8.75. The number of hydrogen-bond acceptors (Lipinski definition) is 3. The molecule has 0 aliphatic heterocycles. The van der Waals surface area contributed by atoms with Crippen LogP contribution >= 0.6 is 0 Å². The molecule has 0 saturated carbocycles. The summed E-state index contributed by atoms with van der Waals surface area (Å²) < 4.78 is 0. The molecule has 0 aromatic rings. The molecule has 3 N–H and O–H groups in total. The van der Waals surface area contributed by atoms with Gasteiger partial charge in [-0.15, -0.1) is 6.42 Å². The molecular weight excluding hydrogens is 178 g/mol. The summed E-state index contributed by atoms with van der Waals surface area (Å²) >= 11 is 0. The largest absolute Gasteiger partial charge is 0.345 e. The average Bonchev–Trinajstić information content (AvgIpc) is 2.21. The maximum Gasteiger partial charge on any atom is 0.295 e. The molecule has 0 bridgehead atoms. The topological polar surface area (TPSA) is 58.4 Å². The number of carbonyl (C=O) groups excluding carboxylic acids is 1. The fourth-order valence-corrected chi connectivity index (χ4v) is 1.07. The van der Waals surface area contributed by atoms with E-state index < -0.39 is 0 Å². The van der Waals surface area contributed by atoms with Gasteiger partial charge in [-0.2, -0.15) is 0 Å². The summed E-state index contributed by atoms with van der Waals surface area (Å²) in [7, 11) is 2.04. The molecule has 0 heterocycles. The van der Waals surface area contributed by atoms with Gasteiger partial charge in [-0.25, -0.2) is 0 Å². The minimum absolute atomic E-state index is 0.338. The lowest BCUT2D eigenvalue weighted by atomic mass is 10.3. The Bertz CT molecular complexity index is 198. The van der Waals surface area contributed by atoms with Crippen LogP contribution in [0.25, 0.3) is 0 Å². The highest BCUT2D eigenvalue weighted by Gasteiger charge is 1.98. The Hall–Kier alpha value is -1.05. The van der Waals surface area contributed by atoms with Gasteiger partial charge in [-0.1, -0.05) is 0 Å². The van der Waals surface area contributed by atoms with Gasteiger partial charge < -0.3 is 16.0 Å². The van der Waals surface area contributed by atoms with Gasteiger partial charge in [0, 0.05) is 6.54 Å². The Morgan fingerprint density at radius 3 is 2.71 bits per heavy atom. The molecule has 0 aliphatic carbocycles. The fourth-order valence-electron chi connectivity index (χ4n) is 1.07. The van der Waals surface area contributed by atoms with Crippen molar-refractivity contribution in [1.82, 2.24) is 10.2 Å². The normalized spacial score (nSPS) is 9.86. The Labute approximate surface area is 85.8 Å². The smallest absolute Gasteiger partial charge is 0.295 e. The van der Waals surface area contributed by atoms with E-state index in [-0.39, 0.29) is 5.91 Å². The molecule has 80 valence electrons. The number of hydrogen-bond donors (Lipinski definition) is 2. The van der Waals surface area contributed by atoms with Gasteiger partial charge >= 0.3 is 0 Å². The Balaban J connectivity index is 3.27. The molecule has 0 unspecified atom stereocenters. The third-order valence-corrected chi connectivity index (χ3v) is 1.88. The third kappa shape index (κ3) is 7.59. The van der Waals surface area contributed by atoms with Gasteiger partial charge in [0.15, 0.2) is 0 Å². The predicted octanol–water partition coefficient (Wildman–Crippen LogP) is -0.593. The van der Waals surface area contributed by atoms with E-state index in [0.29, 0.717) is 6.54 Å². The van der Waals surface area contributed by atoms with Gasteiger partial charge in [0.2, 0.25) is 0 Å². The first-order valence-corrected chi connectivity index (χ1v) is 4.83. The van der Waals surface area contributed by atoms with Crippen molar-refractivity contribution in [2.75, 3.05) is 33.2 Å². The highest BCUT2D eigenvalue weighted by molar-refractivity contribution is 5.92. The van der Waals surface area contributed by atoms with Crippen molar-refractivity contribution in [2.45, 2.75) is 12.8 Å². The van der Waals surface area contributed by atoms with Crippen molar-refractivity contribution < 1.29 is 4.79 Å². The van der Waals surface area contributed by atoms with Gasteiger partial charge in [0.25, 0.3) is 5.91 Å². The van der Waals surface area contributed by atoms with Crippen LogP contribution in [0.2, 0.25) is 0 Å². The molecule has 0 spiro atoms. The van der Waals surface area contributed by atoms with Crippen LogP contribution in [0.5, 0.6) is 0 Å². The Kier molecular flexibility index (Phi) is 7.90. The van der Waals surface area contributed by atoms with Gasteiger partial charge in [0.05, 0.1) is 0 Å². The van der Waals surface area contributed by atoms with Crippen molar-refractivity contribution in [3.63, 3.8) is 0 Å². The SMILES string of the molecule is C#CC(=O)NCCCN(C)CCCN. The Morgan fingerprint density at radius 1 is 1.50 bits per heavy atom. The van der Waals surface area contributed by atoms with E-state index in [1.54, 1.807) is 0 Å². The predicted molar refractivity (Wildman–Crippen MR) is 57.6 cm³/mol. The maximum atomic E-state index is 10.7. The molecule has 0 aliphatic rings. The van der Waals surface area contributed by atoms with Crippen molar-refractivity contribution in [2.24, 2.45) is 5.73 Å². The second kappa shape index (κ2) is 8.54. The second-order valence-corrected chi connectivity index (χ2v) is 3.20. The van der Waals surface area contributed by atoms with Crippen LogP contribution < -0.4 is 11.1 Å². The van der Waals surface area contributed by atoms with Crippen LogP contribution in [-0.4, -0.2) is 44.0 Å². The van der Waals surface area contributed by atoms with Crippen LogP contribution in [-0.2, 0) is 4.79 Å². The summed E-state index contributed by atoms with van der Waals surface area (Å²) in [6.45, 7) is 3.30. The van der Waals surface area contributed by atoms with E-state index in [1.165, 1.54) is 0 Å². The van der Waals surface area contributed by atoms with Crippen molar-refractivity contribution in [1.29, 1.82) is 0 Å². The lowest BCUT2D eigenvalue weighted by Gasteiger charge is -2.15. The molecule has 14 heavy (non-hydrogen) atoms. The third-order valence-electron chi connectivity index (χ3n) is 1.88. The number of carbonyl (C=O) groups is 1. The molecule has 4 heteroatoms. The Morgan fingerprint density at radius 2 is 2.14 bits per heavy atom. The second-order valence-electron chi connectivity index (χ2n) is 3.20. The molecular formula is C10H19N3O. The zero-order valence-electron chi connectivity index (χ0n) is 8.75. The van der Waals surface area contributed by atoms with Crippen LogP contribution in [0.15, 0.2) is 0 Å². The van der Waals surface area contributed by atoms with Gasteiger partial charge in [-0.05, 0) is 45.4 Å². The molecule has 4 nitrogen and oxygen atoms in total. The fraction of sp³-hybridized carbons (Fsp3) is 0.700. The zero-order chi connectivity index (χ0) is 10.8. The van der Waals surface area contributed by atoms with E-state index in [4.69, 9.17) is 12.2 Å². The van der Waals surface area contributed by atoms with Crippen LogP contribution in [0, 0.1) is 12.3 Å². The minimum atomic E-state index is -0.338. The number of amides is 1. The van der Waals surface area contributed by atoms with Crippen LogP contribution in [0.3, 0.4) is 0 Å². The number of nitrogens with one attached hydrogen (secondary N) is 1. The number of nitrogens with two attached hydrogens (primary N) is 1. The van der Waals surface area contributed by atoms with Gasteiger partial charge in [-0.3, -0.25) is 4.79 Å². The first-order valence-electron chi connectivity index (χ1n) is 4.83. The van der Waals surface area contributed by atoms with Crippen molar-refractivity contribution in [3.05, 3.63) is 0 Å². The van der Waals surface area contributed by atoms with E-state index >= 15 is 0 Å². The first kappa shape index (κ1) is 12.9. The van der Waals surface area contributed by atoms with Crippen LogP contribution in [0.1, 0.15) is 12.8 Å². The average molecular weight is 197 g/mol.